The Labute approximate surface area is 66.3 Å². The third kappa shape index (κ3) is 4.28. The van der Waals surface area contributed by atoms with Crippen LogP contribution in [0.25, 0.3) is 0 Å². The number of aliphatic imine (C=N–C) groups is 1. The fourth-order valence-electron chi connectivity index (χ4n) is 0.323. The molecular formula is C3H9N2NaO. The molecule has 0 atom stereocenters. The normalized spacial score (nSPS) is 13.7. The predicted molar refractivity (Wildman–Crippen MR) is 26.1 cm³/mol. The summed E-state index contributed by atoms with van der Waals surface area (Å²) in [5.41, 5.74) is 0. The third-order valence-electron chi connectivity index (χ3n) is 0.568. The molecule has 0 radical (unpaired) electrons. The van der Waals surface area contributed by atoms with Gasteiger partial charge in [-0.25, -0.2) is 0 Å². The summed E-state index contributed by atoms with van der Waals surface area (Å²) in [6.45, 7) is 1.99. The Hall–Kier alpha value is 0.430. The van der Waals surface area contributed by atoms with Crippen LogP contribution in [0.2, 0.25) is 0 Å². The molecule has 0 aromatic rings. The van der Waals surface area contributed by atoms with Gasteiger partial charge in [-0.05, 0) is 0 Å². The van der Waals surface area contributed by atoms with Crippen LogP contribution in [0.4, 0.5) is 0 Å². The second-order valence-corrected chi connectivity index (χ2v) is 0.989. The molecule has 0 saturated carbocycles. The fourth-order valence-corrected chi connectivity index (χ4v) is 0.323. The minimum absolute atomic E-state index is 0. The maximum Gasteiger partial charge on any atom is 1.00 e. The molecular weight excluding hydrogens is 103 g/mol. The first-order valence-electron chi connectivity index (χ1n) is 1.72. The van der Waals surface area contributed by atoms with Gasteiger partial charge in [0.2, 0.25) is 0 Å². The first-order chi connectivity index (χ1) is 2.50. The van der Waals surface area contributed by atoms with Crippen LogP contribution < -0.4 is 34.9 Å². The zero-order chi connectivity index (χ0) is 3.54. The Morgan fingerprint density at radius 1 is 1.71 bits per heavy atom. The monoisotopic (exact) mass is 112 g/mol. The minimum atomic E-state index is 0. The molecule has 1 aliphatic heterocycles. The van der Waals surface area contributed by atoms with Crippen LogP contribution >= 0.6 is 0 Å². The van der Waals surface area contributed by atoms with Gasteiger partial charge >= 0.3 is 29.6 Å². The van der Waals surface area contributed by atoms with Gasteiger partial charge in [-0.15, -0.1) is 0 Å². The van der Waals surface area contributed by atoms with Crippen molar-refractivity contribution < 1.29 is 36.5 Å². The van der Waals surface area contributed by atoms with Crippen LogP contribution in [-0.4, -0.2) is 24.9 Å². The van der Waals surface area contributed by atoms with E-state index < -0.39 is 0 Å². The molecule has 0 spiro atoms. The average Bonchev–Trinajstić information content (AvgIpc) is 1.76. The summed E-state index contributed by atoms with van der Waals surface area (Å²) in [4.78, 5) is 3.85. The second kappa shape index (κ2) is 6.43. The Morgan fingerprint density at radius 3 is 2.57 bits per heavy atom. The van der Waals surface area contributed by atoms with Crippen molar-refractivity contribution in [2.75, 3.05) is 13.1 Å². The van der Waals surface area contributed by atoms with E-state index in [1.807, 2.05) is 0 Å². The fraction of sp³-hybridized carbons (Fsp3) is 0.667. The number of nitrogens with one attached hydrogen (secondary N) is 1. The molecule has 1 aliphatic rings. The van der Waals surface area contributed by atoms with Gasteiger partial charge in [-0.2, -0.15) is 0 Å². The van der Waals surface area contributed by atoms with Crippen molar-refractivity contribution in [3.63, 3.8) is 0 Å². The molecule has 0 saturated heterocycles. The summed E-state index contributed by atoms with van der Waals surface area (Å²) in [6, 6.07) is 0. The molecule has 0 fully saturated rings. The SMILES string of the molecule is C1=NCCN1.O.[H-].[Na+]. The maximum atomic E-state index is 3.85. The first-order valence-corrected chi connectivity index (χ1v) is 1.72. The Balaban J connectivity index is -0.0000000833. The van der Waals surface area contributed by atoms with Crippen molar-refractivity contribution in [2.24, 2.45) is 4.99 Å². The standard InChI is InChI=1S/C3H6N2.Na.H2O.H/c1-2-5-3-4-1;;;/h3H,1-2H2,(H,4,5);;1H2;/q;+1;;-1. The predicted octanol–water partition coefficient (Wildman–Crippen LogP) is -4.09. The van der Waals surface area contributed by atoms with Crippen LogP contribution in [0.5, 0.6) is 0 Å². The van der Waals surface area contributed by atoms with Crippen molar-refractivity contribution in [1.82, 2.24) is 5.32 Å². The van der Waals surface area contributed by atoms with E-state index in [-0.39, 0.29) is 36.5 Å². The Kier molecular flexibility index (Phi) is 9.57. The quantitative estimate of drug-likeness (QED) is 0.318. The number of nitrogens with zero attached hydrogens (tertiary/aromatic N) is 1. The van der Waals surface area contributed by atoms with E-state index in [0.717, 1.165) is 13.1 Å². The van der Waals surface area contributed by atoms with Crippen LogP contribution in [0.15, 0.2) is 4.99 Å². The Morgan fingerprint density at radius 2 is 2.43 bits per heavy atom. The van der Waals surface area contributed by atoms with Crippen LogP contribution in [-0.2, 0) is 0 Å². The van der Waals surface area contributed by atoms with E-state index in [9.17, 15) is 0 Å². The second-order valence-electron chi connectivity index (χ2n) is 0.989. The van der Waals surface area contributed by atoms with E-state index in [4.69, 9.17) is 0 Å². The molecule has 0 aromatic carbocycles. The number of hydrogen-bond donors (Lipinski definition) is 1. The molecule has 3 nitrogen and oxygen atoms in total. The van der Waals surface area contributed by atoms with Gasteiger partial charge in [0.1, 0.15) is 0 Å². The van der Waals surface area contributed by atoms with E-state index in [2.05, 4.69) is 10.3 Å². The summed E-state index contributed by atoms with van der Waals surface area (Å²) in [5.74, 6) is 0. The molecule has 4 heteroatoms. The smallest absolute Gasteiger partial charge is 1.00 e. The molecule has 7 heavy (non-hydrogen) atoms. The van der Waals surface area contributed by atoms with Crippen molar-refractivity contribution in [1.29, 1.82) is 0 Å². The van der Waals surface area contributed by atoms with E-state index in [1.54, 1.807) is 6.34 Å². The van der Waals surface area contributed by atoms with Crippen molar-refractivity contribution >= 4 is 6.34 Å². The Bertz CT molecular complexity index is 55.2. The zero-order valence-electron chi connectivity index (χ0n) is 5.44. The molecule has 0 amide bonds. The molecule has 0 bridgehead atoms. The summed E-state index contributed by atoms with van der Waals surface area (Å²) < 4.78 is 0. The largest absolute Gasteiger partial charge is 1.00 e. The van der Waals surface area contributed by atoms with Gasteiger partial charge in [-0.3, -0.25) is 4.99 Å². The summed E-state index contributed by atoms with van der Waals surface area (Å²) >= 11 is 0. The van der Waals surface area contributed by atoms with Gasteiger partial charge in [0.15, 0.2) is 0 Å². The first kappa shape index (κ1) is 10.4. The summed E-state index contributed by atoms with van der Waals surface area (Å²) in [5, 5.41) is 2.93. The summed E-state index contributed by atoms with van der Waals surface area (Å²) in [6.07, 6.45) is 1.74. The van der Waals surface area contributed by atoms with Crippen LogP contribution in [0.3, 0.4) is 0 Å². The number of hydrogen-bond acceptors (Lipinski definition) is 2. The topological polar surface area (TPSA) is 55.9 Å². The molecule has 1 rings (SSSR count). The molecule has 38 valence electrons. The van der Waals surface area contributed by atoms with Crippen molar-refractivity contribution in [3.05, 3.63) is 0 Å². The molecule has 1 heterocycles. The molecule has 0 aromatic heterocycles. The van der Waals surface area contributed by atoms with Crippen LogP contribution in [0.1, 0.15) is 1.43 Å². The van der Waals surface area contributed by atoms with Crippen molar-refractivity contribution in [3.8, 4) is 0 Å². The van der Waals surface area contributed by atoms with Crippen molar-refractivity contribution in [2.45, 2.75) is 0 Å². The molecule has 0 unspecified atom stereocenters. The van der Waals surface area contributed by atoms with Gasteiger partial charge in [0.05, 0.1) is 12.9 Å². The van der Waals surface area contributed by atoms with Crippen LogP contribution in [0, 0.1) is 0 Å². The zero-order valence-corrected chi connectivity index (χ0v) is 6.44. The number of rotatable bonds is 0. The summed E-state index contributed by atoms with van der Waals surface area (Å²) in [7, 11) is 0. The average molecular weight is 112 g/mol. The maximum absolute atomic E-state index is 3.85. The van der Waals surface area contributed by atoms with E-state index in [1.165, 1.54) is 0 Å². The minimum Gasteiger partial charge on any atom is -1.00 e. The van der Waals surface area contributed by atoms with Gasteiger partial charge in [0.25, 0.3) is 0 Å². The third-order valence-corrected chi connectivity index (χ3v) is 0.568. The molecule has 0 aliphatic carbocycles. The molecule has 3 N–H and O–H groups in total. The van der Waals surface area contributed by atoms with Gasteiger partial charge < -0.3 is 12.2 Å². The van der Waals surface area contributed by atoms with E-state index >= 15 is 0 Å². The van der Waals surface area contributed by atoms with Gasteiger partial charge in [0, 0.05) is 6.54 Å². The van der Waals surface area contributed by atoms with Gasteiger partial charge in [-0.1, -0.05) is 0 Å². The van der Waals surface area contributed by atoms with E-state index in [0.29, 0.717) is 0 Å².